The summed E-state index contributed by atoms with van der Waals surface area (Å²) in [5.74, 6) is -0.218. The second kappa shape index (κ2) is 7.15. The van der Waals surface area contributed by atoms with Gasteiger partial charge in [0.15, 0.2) is 5.69 Å². The summed E-state index contributed by atoms with van der Waals surface area (Å²) in [6.07, 6.45) is 5.11. The monoisotopic (exact) mass is 333 g/mol. The van der Waals surface area contributed by atoms with Crippen molar-refractivity contribution in [2.75, 3.05) is 13.2 Å². The molecule has 1 amide bonds. The van der Waals surface area contributed by atoms with Gasteiger partial charge in [-0.25, -0.2) is 4.68 Å². The maximum Gasteiger partial charge on any atom is 0.272 e. The molecule has 0 saturated heterocycles. The third kappa shape index (κ3) is 3.41. The molecule has 0 fully saturated rings. The van der Waals surface area contributed by atoms with Gasteiger partial charge in [-0.15, -0.1) is 0 Å². The summed E-state index contributed by atoms with van der Waals surface area (Å²) in [4.78, 5) is 12.4. The van der Waals surface area contributed by atoms with Crippen LogP contribution < -0.4 is 5.32 Å². The number of aromatic nitrogens is 2. The highest BCUT2D eigenvalue weighted by atomic mass is 35.5. The highest BCUT2D eigenvalue weighted by molar-refractivity contribution is 6.30. The zero-order chi connectivity index (χ0) is 16.2. The molecule has 2 N–H and O–H groups in total. The average molecular weight is 334 g/mol. The van der Waals surface area contributed by atoms with Crippen molar-refractivity contribution in [2.45, 2.75) is 32.1 Å². The first-order valence-corrected chi connectivity index (χ1v) is 8.34. The number of benzene rings is 1. The van der Waals surface area contributed by atoms with Crippen LogP contribution in [0.1, 0.15) is 41.0 Å². The lowest BCUT2D eigenvalue weighted by atomic mass is 10.1. The summed E-state index contributed by atoms with van der Waals surface area (Å²) in [6, 6.07) is 7.48. The molecule has 23 heavy (non-hydrogen) atoms. The number of rotatable bonds is 4. The van der Waals surface area contributed by atoms with E-state index in [2.05, 4.69) is 10.4 Å². The van der Waals surface area contributed by atoms with E-state index in [4.69, 9.17) is 16.7 Å². The van der Waals surface area contributed by atoms with Gasteiger partial charge >= 0.3 is 0 Å². The molecule has 0 radical (unpaired) electrons. The number of nitrogens with zero attached hydrogens (tertiary/aromatic N) is 2. The molecule has 2 aromatic rings. The van der Waals surface area contributed by atoms with Crippen LogP contribution in [0.15, 0.2) is 24.3 Å². The van der Waals surface area contributed by atoms with Crippen molar-refractivity contribution in [3.63, 3.8) is 0 Å². The lowest BCUT2D eigenvalue weighted by Gasteiger charge is -2.07. The van der Waals surface area contributed by atoms with Crippen LogP contribution in [0.25, 0.3) is 5.69 Å². The van der Waals surface area contributed by atoms with Crippen molar-refractivity contribution in [2.24, 2.45) is 0 Å². The van der Waals surface area contributed by atoms with Crippen molar-refractivity contribution in [1.29, 1.82) is 0 Å². The first-order valence-electron chi connectivity index (χ1n) is 7.96. The van der Waals surface area contributed by atoms with Gasteiger partial charge in [0.25, 0.3) is 5.91 Å². The Kier molecular flexibility index (Phi) is 4.98. The Bertz CT molecular complexity index is 695. The molecule has 0 aliphatic heterocycles. The Labute approximate surface area is 140 Å². The Hall–Kier alpha value is -1.85. The van der Waals surface area contributed by atoms with E-state index in [9.17, 15) is 4.79 Å². The molecule has 1 aromatic carbocycles. The van der Waals surface area contributed by atoms with Crippen LogP contribution in [0, 0.1) is 0 Å². The highest BCUT2D eigenvalue weighted by Crippen LogP contribution is 2.26. The molecule has 1 aliphatic rings. The quantitative estimate of drug-likeness (QED) is 0.845. The first kappa shape index (κ1) is 16.0. The normalized spacial score (nSPS) is 14.2. The summed E-state index contributed by atoms with van der Waals surface area (Å²) in [5, 5.41) is 16.8. The second-order valence-corrected chi connectivity index (χ2v) is 6.14. The average Bonchev–Trinajstić information content (AvgIpc) is 2.75. The van der Waals surface area contributed by atoms with Crippen LogP contribution in [0.4, 0.5) is 0 Å². The molecule has 1 heterocycles. The lowest BCUT2D eigenvalue weighted by molar-refractivity contribution is 0.0938. The van der Waals surface area contributed by atoms with Gasteiger partial charge in [0.1, 0.15) is 0 Å². The van der Waals surface area contributed by atoms with Crippen LogP contribution in [0.5, 0.6) is 0 Å². The number of hydrogen-bond donors (Lipinski definition) is 2. The summed E-state index contributed by atoms with van der Waals surface area (Å²) in [6.45, 7) is 0.160. The molecule has 0 spiro atoms. The molecule has 3 rings (SSSR count). The van der Waals surface area contributed by atoms with Gasteiger partial charge < -0.3 is 10.4 Å². The van der Waals surface area contributed by atoms with E-state index in [0.717, 1.165) is 49.0 Å². The molecule has 0 atom stereocenters. The molecule has 0 unspecified atom stereocenters. The highest BCUT2D eigenvalue weighted by Gasteiger charge is 2.24. The van der Waals surface area contributed by atoms with E-state index in [-0.39, 0.29) is 19.1 Å². The predicted octanol–water partition coefficient (Wildman–Crippen LogP) is 2.52. The van der Waals surface area contributed by atoms with E-state index in [1.807, 2.05) is 28.9 Å². The topological polar surface area (TPSA) is 67.2 Å². The van der Waals surface area contributed by atoms with Crippen LogP contribution in [0.2, 0.25) is 5.02 Å². The largest absolute Gasteiger partial charge is 0.395 e. The van der Waals surface area contributed by atoms with Gasteiger partial charge in [-0.2, -0.15) is 5.10 Å². The van der Waals surface area contributed by atoms with Gasteiger partial charge in [0.05, 0.1) is 12.3 Å². The van der Waals surface area contributed by atoms with E-state index in [1.165, 1.54) is 0 Å². The maximum atomic E-state index is 12.4. The number of carbonyl (C=O) groups is 1. The first-order chi connectivity index (χ1) is 11.2. The number of halogens is 1. The SMILES string of the molecule is O=C(NCCO)c1nn(-c2ccc(Cl)cc2)c2c1CCCCC2. The van der Waals surface area contributed by atoms with Crippen molar-refractivity contribution in [1.82, 2.24) is 15.1 Å². The van der Waals surface area contributed by atoms with Gasteiger partial charge in [0.2, 0.25) is 0 Å². The molecule has 1 aromatic heterocycles. The van der Waals surface area contributed by atoms with Gasteiger partial charge in [-0.3, -0.25) is 4.79 Å². The molecule has 1 aliphatic carbocycles. The Morgan fingerprint density at radius 3 is 2.70 bits per heavy atom. The zero-order valence-corrected chi connectivity index (χ0v) is 13.6. The van der Waals surface area contributed by atoms with Gasteiger partial charge in [0, 0.05) is 22.8 Å². The fourth-order valence-electron chi connectivity index (χ4n) is 3.01. The van der Waals surface area contributed by atoms with Crippen LogP contribution in [-0.4, -0.2) is 33.9 Å². The molecule has 0 saturated carbocycles. The smallest absolute Gasteiger partial charge is 0.272 e. The third-order valence-corrected chi connectivity index (χ3v) is 4.37. The zero-order valence-electron chi connectivity index (χ0n) is 12.9. The standard InChI is InChI=1S/C17H20ClN3O2/c18-12-6-8-13(9-7-12)21-15-5-3-1-2-4-14(15)16(20-21)17(23)19-10-11-22/h6-9,22H,1-5,10-11H2,(H,19,23). The minimum absolute atomic E-state index is 0.0776. The maximum absolute atomic E-state index is 12.4. The van der Waals surface area contributed by atoms with E-state index >= 15 is 0 Å². The van der Waals surface area contributed by atoms with Crippen molar-refractivity contribution in [3.05, 3.63) is 46.2 Å². The molecule has 0 bridgehead atoms. The summed E-state index contributed by atoms with van der Waals surface area (Å²) in [5.41, 5.74) is 3.53. The third-order valence-electron chi connectivity index (χ3n) is 4.11. The Balaban J connectivity index is 2.04. The van der Waals surface area contributed by atoms with E-state index in [0.29, 0.717) is 10.7 Å². The summed E-state index contributed by atoms with van der Waals surface area (Å²) < 4.78 is 1.87. The number of aliphatic hydroxyl groups excluding tert-OH is 1. The van der Waals surface area contributed by atoms with Crippen molar-refractivity contribution in [3.8, 4) is 5.69 Å². The molecule has 122 valence electrons. The lowest BCUT2D eigenvalue weighted by Crippen LogP contribution is -2.27. The minimum atomic E-state index is -0.218. The van der Waals surface area contributed by atoms with Crippen molar-refractivity contribution >= 4 is 17.5 Å². The minimum Gasteiger partial charge on any atom is -0.395 e. The second-order valence-electron chi connectivity index (χ2n) is 5.70. The number of carbonyl (C=O) groups excluding carboxylic acids is 1. The van der Waals surface area contributed by atoms with Crippen LogP contribution >= 0.6 is 11.6 Å². The molecular formula is C17H20ClN3O2. The van der Waals surface area contributed by atoms with E-state index in [1.54, 1.807) is 0 Å². The van der Waals surface area contributed by atoms with Gasteiger partial charge in [-0.1, -0.05) is 18.0 Å². The van der Waals surface area contributed by atoms with Crippen LogP contribution in [-0.2, 0) is 12.8 Å². The number of fused-ring (bicyclic) bond motifs is 1. The molecule has 5 nitrogen and oxygen atoms in total. The fraction of sp³-hybridized carbons (Fsp3) is 0.412. The summed E-state index contributed by atoms with van der Waals surface area (Å²) >= 11 is 5.96. The number of amides is 1. The predicted molar refractivity (Wildman–Crippen MR) is 89.3 cm³/mol. The summed E-state index contributed by atoms with van der Waals surface area (Å²) in [7, 11) is 0. The van der Waals surface area contributed by atoms with E-state index < -0.39 is 0 Å². The number of aliphatic hydroxyl groups is 1. The number of hydrogen-bond acceptors (Lipinski definition) is 3. The van der Waals surface area contributed by atoms with Crippen LogP contribution in [0.3, 0.4) is 0 Å². The fourth-order valence-corrected chi connectivity index (χ4v) is 3.13. The molecule has 6 heteroatoms. The number of nitrogens with one attached hydrogen (secondary N) is 1. The van der Waals surface area contributed by atoms with Gasteiger partial charge in [-0.05, 0) is 49.9 Å². The van der Waals surface area contributed by atoms with Crippen molar-refractivity contribution < 1.29 is 9.90 Å². The Morgan fingerprint density at radius 1 is 1.22 bits per heavy atom. The Morgan fingerprint density at radius 2 is 1.96 bits per heavy atom. The molecular weight excluding hydrogens is 314 g/mol.